The van der Waals surface area contributed by atoms with Gasteiger partial charge in [0.25, 0.3) is 0 Å². The molecule has 1 aromatic heterocycles. The molecule has 1 aliphatic heterocycles. The quantitative estimate of drug-likeness (QED) is 0.507. The summed E-state index contributed by atoms with van der Waals surface area (Å²) in [5.41, 5.74) is 10.2. The first-order valence-corrected chi connectivity index (χ1v) is 12.3. The van der Waals surface area contributed by atoms with Gasteiger partial charge >= 0.3 is 0 Å². The minimum atomic E-state index is -0.657. The van der Waals surface area contributed by atoms with E-state index in [0.717, 1.165) is 54.1 Å². The van der Waals surface area contributed by atoms with E-state index in [4.69, 9.17) is 28.9 Å². The molecule has 0 unspecified atom stereocenters. The predicted molar refractivity (Wildman–Crippen MR) is 135 cm³/mol. The van der Waals surface area contributed by atoms with Gasteiger partial charge in [-0.3, -0.25) is 9.48 Å². The third kappa shape index (κ3) is 4.18. The van der Waals surface area contributed by atoms with E-state index in [1.807, 2.05) is 27.9 Å². The maximum atomic E-state index is 12.9. The number of hydrogen-bond acceptors (Lipinski definition) is 3. The van der Waals surface area contributed by atoms with Crippen LogP contribution in [0.25, 0.3) is 16.5 Å². The van der Waals surface area contributed by atoms with Crippen molar-refractivity contribution in [1.82, 2.24) is 14.7 Å². The summed E-state index contributed by atoms with van der Waals surface area (Å²) >= 11 is 12.5. The first-order chi connectivity index (χ1) is 15.9. The lowest BCUT2D eigenvalue weighted by Gasteiger charge is -2.33. The summed E-state index contributed by atoms with van der Waals surface area (Å²) in [6, 6.07) is 12.0. The molecule has 1 aliphatic carbocycles. The van der Waals surface area contributed by atoms with Gasteiger partial charge in [0, 0.05) is 28.5 Å². The third-order valence-corrected chi connectivity index (χ3v) is 7.73. The van der Waals surface area contributed by atoms with E-state index in [0.29, 0.717) is 23.1 Å². The number of hydrogen-bond donors (Lipinski definition) is 1. The summed E-state index contributed by atoms with van der Waals surface area (Å²) in [7, 11) is 0. The summed E-state index contributed by atoms with van der Waals surface area (Å²) in [6.45, 7) is 3.40. The van der Waals surface area contributed by atoms with Gasteiger partial charge in [-0.15, -0.1) is 0 Å². The fraction of sp³-hybridized carbons (Fsp3) is 0.385. The number of benzene rings is 2. The van der Waals surface area contributed by atoms with Crippen molar-refractivity contribution < 1.29 is 4.79 Å². The zero-order valence-electron chi connectivity index (χ0n) is 18.7. The molecule has 0 bridgehead atoms. The number of carbonyl (C=O) groups excluding carboxylic acids is 1. The number of nitrogens with zero attached hydrogens (tertiary/aromatic N) is 3. The average Bonchev–Trinajstić information content (AvgIpc) is 3.45. The summed E-state index contributed by atoms with van der Waals surface area (Å²) in [5, 5.41) is 6.98. The Bertz CT molecular complexity index is 1240. The molecule has 172 valence electrons. The summed E-state index contributed by atoms with van der Waals surface area (Å²) in [6.07, 6.45) is 8.57. The molecule has 1 saturated carbocycles. The van der Waals surface area contributed by atoms with Crippen LogP contribution in [0.4, 0.5) is 0 Å². The third-order valence-electron chi connectivity index (χ3n) is 7.17. The van der Waals surface area contributed by atoms with Crippen LogP contribution in [0.15, 0.2) is 48.7 Å². The predicted octanol–water partition coefficient (Wildman–Crippen LogP) is 5.84. The van der Waals surface area contributed by atoms with Gasteiger partial charge in [-0.25, -0.2) is 0 Å². The zero-order valence-corrected chi connectivity index (χ0v) is 20.2. The van der Waals surface area contributed by atoms with E-state index in [1.165, 1.54) is 5.57 Å². The number of nitrogens with two attached hydrogens (primary N) is 1. The van der Waals surface area contributed by atoms with Crippen LogP contribution in [0, 0.1) is 0 Å². The highest BCUT2D eigenvalue weighted by Crippen LogP contribution is 2.33. The van der Waals surface area contributed by atoms with Crippen LogP contribution >= 0.6 is 23.2 Å². The Kier molecular flexibility index (Phi) is 5.98. The summed E-state index contributed by atoms with van der Waals surface area (Å²) < 4.78 is 2.01. The molecule has 0 spiro atoms. The monoisotopic (exact) mass is 482 g/mol. The van der Waals surface area contributed by atoms with Gasteiger partial charge < -0.3 is 10.6 Å². The molecule has 0 radical (unpaired) electrons. The molecule has 1 atom stereocenters. The van der Waals surface area contributed by atoms with E-state index in [-0.39, 0.29) is 11.9 Å². The van der Waals surface area contributed by atoms with Gasteiger partial charge in [0.05, 0.1) is 23.3 Å². The molecular formula is C26H28Cl2N4O. The van der Waals surface area contributed by atoms with Crippen molar-refractivity contribution in [2.45, 2.75) is 50.6 Å². The maximum Gasteiger partial charge on any atom is 0.242 e. The van der Waals surface area contributed by atoms with Gasteiger partial charge in [0.1, 0.15) is 0 Å². The van der Waals surface area contributed by atoms with Crippen LogP contribution in [0.1, 0.15) is 56.2 Å². The normalized spacial score (nSPS) is 19.0. The molecule has 7 heteroatoms. The van der Waals surface area contributed by atoms with E-state index in [2.05, 4.69) is 36.3 Å². The minimum absolute atomic E-state index is 0.0388. The lowest BCUT2D eigenvalue weighted by molar-refractivity contribution is -0.136. The second-order valence-electron chi connectivity index (χ2n) is 9.30. The highest BCUT2D eigenvalue weighted by atomic mass is 35.5. The number of fused-ring (bicyclic) bond motifs is 1. The maximum absolute atomic E-state index is 12.9. The Morgan fingerprint density at radius 2 is 1.94 bits per heavy atom. The number of amides is 1. The molecule has 2 heterocycles. The Hall–Kier alpha value is -2.34. The first kappa shape index (κ1) is 22.5. The van der Waals surface area contributed by atoms with Crippen molar-refractivity contribution in [3.05, 3.63) is 69.8 Å². The highest BCUT2D eigenvalue weighted by Gasteiger charge is 2.40. The van der Waals surface area contributed by atoms with Crippen LogP contribution in [-0.2, 0) is 4.79 Å². The fourth-order valence-corrected chi connectivity index (χ4v) is 5.74. The molecule has 5 nitrogen and oxygen atoms in total. The van der Waals surface area contributed by atoms with Crippen LogP contribution in [-0.4, -0.2) is 39.2 Å². The minimum Gasteiger partial charge on any atom is -0.337 e. The molecule has 2 aliphatic rings. The Labute approximate surface area is 204 Å². The number of halogens is 2. The van der Waals surface area contributed by atoms with Gasteiger partial charge in [0.2, 0.25) is 5.91 Å². The van der Waals surface area contributed by atoms with Gasteiger partial charge in [0.15, 0.2) is 0 Å². The Morgan fingerprint density at radius 3 is 2.64 bits per heavy atom. The molecule has 1 amide bonds. The summed E-state index contributed by atoms with van der Waals surface area (Å²) in [4.78, 5) is 14.9. The molecule has 2 N–H and O–H groups in total. The molecule has 2 aromatic carbocycles. The fourth-order valence-electron chi connectivity index (χ4n) is 5.17. The van der Waals surface area contributed by atoms with Crippen LogP contribution in [0.5, 0.6) is 0 Å². The molecule has 0 saturated heterocycles. The molecule has 33 heavy (non-hydrogen) atoms. The van der Waals surface area contributed by atoms with Crippen molar-refractivity contribution >= 4 is 45.6 Å². The van der Waals surface area contributed by atoms with Crippen molar-refractivity contribution in [2.75, 3.05) is 13.1 Å². The molecule has 3 aromatic rings. The lowest BCUT2D eigenvalue weighted by atomic mass is 9.94. The largest absolute Gasteiger partial charge is 0.337 e. The van der Waals surface area contributed by atoms with Gasteiger partial charge in [-0.05, 0) is 61.1 Å². The lowest BCUT2D eigenvalue weighted by Crippen LogP contribution is -2.54. The molecular weight excluding hydrogens is 455 g/mol. The van der Waals surface area contributed by atoms with Gasteiger partial charge in [-0.2, -0.15) is 5.10 Å². The number of rotatable bonds is 4. The van der Waals surface area contributed by atoms with Crippen molar-refractivity contribution in [3.63, 3.8) is 0 Å². The Balaban J connectivity index is 1.40. The van der Waals surface area contributed by atoms with E-state index in [1.54, 1.807) is 6.07 Å². The van der Waals surface area contributed by atoms with E-state index >= 15 is 0 Å². The van der Waals surface area contributed by atoms with Crippen molar-refractivity contribution in [2.24, 2.45) is 5.73 Å². The van der Waals surface area contributed by atoms with E-state index in [9.17, 15) is 4.79 Å². The number of aromatic nitrogens is 2. The molecule has 5 rings (SSSR count). The standard InChI is InChI=1S/C26H28Cl2N4O/c1-17(22-7-6-21(27)15-23(22)28)32-24-14-19(4-5-20(24)16-30-32)18-8-12-31(13-9-18)25(33)26(29)10-2-3-11-26/h4-8,14-17H,2-3,9-13,29H2,1H3/t17-/m1/s1. The first-order valence-electron chi connectivity index (χ1n) is 11.6. The van der Waals surface area contributed by atoms with Crippen LogP contribution < -0.4 is 5.73 Å². The molecule has 1 fully saturated rings. The van der Waals surface area contributed by atoms with Gasteiger partial charge in [-0.1, -0.05) is 60.3 Å². The van der Waals surface area contributed by atoms with Crippen molar-refractivity contribution in [1.29, 1.82) is 0 Å². The second kappa shape index (κ2) is 8.79. The average molecular weight is 483 g/mol. The SMILES string of the molecule is C[C@H](c1ccc(Cl)cc1Cl)n1ncc2ccc(C3=CCN(C(=O)C4(N)CCCC4)CC3)cc21. The topological polar surface area (TPSA) is 64.2 Å². The summed E-state index contributed by atoms with van der Waals surface area (Å²) in [5.74, 6) is 0.109. The van der Waals surface area contributed by atoms with Crippen LogP contribution in [0.3, 0.4) is 0 Å². The highest BCUT2D eigenvalue weighted by molar-refractivity contribution is 6.35. The second-order valence-corrected chi connectivity index (χ2v) is 10.1. The number of carbonyl (C=O) groups is 1. The smallest absolute Gasteiger partial charge is 0.242 e. The van der Waals surface area contributed by atoms with E-state index < -0.39 is 5.54 Å². The Morgan fingerprint density at radius 1 is 1.15 bits per heavy atom. The zero-order chi connectivity index (χ0) is 23.2. The van der Waals surface area contributed by atoms with Crippen molar-refractivity contribution in [3.8, 4) is 0 Å². The van der Waals surface area contributed by atoms with Crippen LogP contribution in [0.2, 0.25) is 10.0 Å².